The Kier molecular flexibility index (Phi) is 7.34. The fourth-order valence-corrected chi connectivity index (χ4v) is 4.79. The summed E-state index contributed by atoms with van der Waals surface area (Å²) >= 11 is 0. The minimum absolute atomic E-state index is 0.0110. The van der Waals surface area contributed by atoms with Crippen LogP contribution in [-0.2, 0) is 20.8 Å². The van der Waals surface area contributed by atoms with Gasteiger partial charge in [0, 0.05) is 30.6 Å². The van der Waals surface area contributed by atoms with Crippen LogP contribution < -0.4 is 10.7 Å². The van der Waals surface area contributed by atoms with Gasteiger partial charge in [0.25, 0.3) is 5.91 Å². The molecule has 192 valence electrons. The first kappa shape index (κ1) is 24.7. The van der Waals surface area contributed by atoms with Gasteiger partial charge in [-0.1, -0.05) is 24.3 Å². The van der Waals surface area contributed by atoms with Crippen molar-refractivity contribution < 1.29 is 23.8 Å². The second-order valence-electron chi connectivity index (χ2n) is 8.93. The molecule has 0 aliphatic carbocycles. The van der Waals surface area contributed by atoms with Gasteiger partial charge < -0.3 is 29.3 Å². The average molecular weight is 504 g/mol. The van der Waals surface area contributed by atoms with E-state index in [0.717, 1.165) is 11.0 Å². The molecule has 0 unspecified atom stereocenters. The third-order valence-electron chi connectivity index (χ3n) is 6.56. The number of allylic oxidation sites excluding steroid dienone is 1. The van der Waals surface area contributed by atoms with Gasteiger partial charge in [-0.05, 0) is 50.1 Å². The van der Waals surface area contributed by atoms with Gasteiger partial charge in [0.2, 0.25) is 6.29 Å². The predicted octanol–water partition coefficient (Wildman–Crippen LogP) is 3.73. The van der Waals surface area contributed by atoms with Crippen molar-refractivity contribution in [3.63, 3.8) is 0 Å². The Hall–Kier alpha value is -3.95. The largest absolute Gasteiger partial charge is 0.464 e. The van der Waals surface area contributed by atoms with E-state index >= 15 is 0 Å². The summed E-state index contributed by atoms with van der Waals surface area (Å²) < 4.78 is 17.7. The predicted molar refractivity (Wildman–Crippen MR) is 138 cm³/mol. The van der Waals surface area contributed by atoms with Crippen molar-refractivity contribution in [2.45, 2.75) is 38.5 Å². The van der Waals surface area contributed by atoms with Crippen LogP contribution in [0.2, 0.25) is 0 Å². The number of carbonyl (C=O) groups excluding carboxylic acids is 1. The molecular weight excluding hydrogens is 474 g/mol. The molecule has 9 heteroatoms. The number of ether oxygens (including phenoxy) is 2. The molecule has 0 radical (unpaired) electrons. The monoisotopic (exact) mass is 503 g/mol. The highest BCUT2D eigenvalue weighted by molar-refractivity contribution is 5.91. The number of rotatable bonds is 9. The maximum atomic E-state index is 13.5. The Morgan fingerprint density at radius 1 is 1.19 bits per heavy atom. The number of nitrogens with one attached hydrogen (secondary N) is 2. The normalized spacial score (nSPS) is 19.5. The minimum atomic E-state index is -0.774. The van der Waals surface area contributed by atoms with Gasteiger partial charge in [-0.15, -0.1) is 0 Å². The van der Waals surface area contributed by atoms with Gasteiger partial charge >= 0.3 is 0 Å². The highest BCUT2D eigenvalue weighted by atomic mass is 16.7. The van der Waals surface area contributed by atoms with Gasteiger partial charge in [-0.3, -0.25) is 9.59 Å². The number of aliphatic hydroxyl groups excluding tert-OH is 1. The maximum Gasteiger partial charge on any atom is 0.286 e. The van der Waals surface area contributed by atoms with Crippen molar-refractivity contribution in [3.05, 3.63) is 88.2 Å². The highest BCUT2D eigenvalue weighted by Gasteiger charge is 2.39. The first-order valence-corrected chi connectivity index (χ1v) is 12.4. The van der Waals surface area contributed by atoms with Crippen LogP contribution in [0.15, 0.2) is 75.8 Å². The van der Waals surface area contributed by atoms with E-state index in [-0.39, 0.29) is 30.3 Å². The third kappa shape index (κ3) is 5.14. The topological polar surface area (TPSA) is 127 Å². The van der Waals surface area contributed by atoms with Crippen molar-refractivity contribution >= 4 is 27.9 Å². The van der Waals surface area contributed by atoms with E-state index in [1.165, 1.54) is 6.26 Å². The number of hydrogen-bond donors (Lipinski definition) is 3. The summed E-state index contributed by atoms with van der Waals surface area (Å²) in [5.74, 6) is -0.582. The van der Waals surface area contributed by atoms with Gasteiger partial charge in [-0.2, -0.15) is 0 Å². The number of carbonyl (C=O) groups is 1. The van der Waals surface area contributed by atoms with Crippen LogP contribution >= 0.6 is 0 Å². The lowest BCUT2D eigenvalue weighted by atomic mass is 9.81. The molecule has 37 heavy (non-hydrogen) atoms. The van der Waals surface area contributed by atoms with Crippen LogP contribution in [0.1, 0.15) is 37.1 Å². The van der Waals surface area contributed by atoms with Crippen molar-refractivity contribution in [2.24, 2.45) is 5.92 Å². The molecule has 1 aliphatic rings. The van der Waals surface area contributed by atoms with Crippen LogP contribution in [0.3, 0.4) is 0 Å². The fraction of sp³-hybridized carbons (Fsp3) is 0.321. The van der Waals surface area contributed by atoms with Gasteiger partial charge in [-0.25, -0.2) is 4.98 Å². The van der Waals surface area contributed by atoms with Crippen molar-refractivity contribution in [2.75, 3.05) is 13.2 Å². The number of H-pyrrole nitrogens is 1. The molecule has 0 spiro atoms. The summed E-state index contributed by atoms with van der Waals surface area (Å²) in [4.78, 5) is 34.3. The van der Waals surface area contributed by atoms with Crippen molar-refractivity contribution in [1.82, 2.24) is 15.3 Å². The smallest absolute Gasteiger partial charge is 0.286 e. The molecule has 4 aromatic rings. The number of para-hydroxylation sites is 3. The Morgan fingerprint density at radius 3 is 2.81 bits per heavy atom. The van der Waals surface area contributed by atoms with Crippen LogP contribution in [0.25, 0.3) is 22.0 Å². The van der Waals surface area contributed by atoms with Crippen LogP contribution in [0.4, 0.5) is 0 Å². The third-order valence-corrected chi connectivity index (χ3v) is 6.56. The molecule has 1 amide bonds. The lowest BCUT2D eigenvalue weighted by Gasteiger charge is -2.36. The molecule has 0 saturated heterocycles. The van der Waals surface area contributed by atoms with E-state index in [0.29, 0.717) is 41.8 Å². The molecule has 2 aromatic carbocycles. The second kappa shape index (κ2) is 11.0. The first-order chi connectivity index (χ1) is 18.1. The number of amides is 1. The summed E-state index contributed by atoms with van der Waals surface area (Å²) in [5, 5.41) is 12.8. The average Bonchev–Trinajstić information content (AvgIpc) is 3.34. The number of fused-ring (bicyclic) bond motifs is 2. The number of nitrogens with zero attached hydrogens (tertiary/aromatic N) is 1. The maximum absolute atomic E-state index is 13.5. The summed E-state index contributed by atoms with van der Waals surface area (Å²) in [5.41, 5.74) is 2.43. The Labute approximate surface area is 213 Å². The summed E-state index contributed by atoms with van der Waals surface area (Å²) in [6, 6.07) is 14.7. The molecule has 2 aromatic heterocycles. The van der Waals surface area contributed by atoms with E-state index in [1.54, 1.807) is 30.3 Å². The molecule has 1 aliphatic heterocycles. The second-order valence-corrected chi connectivity index (χ2v) is 8.93. The first-order valence-electron chi connectivity index (χ1n) is 12.4. The summed E-state index contributed by atoms with van der Waals surface area (Å²) in [6.07, 6.45) is 3.36. The van der Waals surface area contributed by atoms with Crippen LogP contribution in [-0.4, -0.2) is 40.5 Å². The van der Waals surface area contributed by atoms with E-state index in [2.05, 4.69) is 15.3 Å². The molecule has 0 saturated carbocycles. The zero-order valence-corrected chi connectivity index (χ0v) is 20.5. The van der Waals surface area contributed by atoms with Gasteiger partial charge in [0.1, 0.15) is 11.4 Å². The van der Waals surface area contributed by atoms with E-state index in [9.17, 15) is 14.7 Å². The lowest BCUT2D eigenvalue weighted by Crippen LogP contribution is -2.40. The number of aromatic amines is 1. The number of imidazole rings is 1. The standard InChI is InChI=1S/C28H29N3O6/c1-2-35-28-17(9-7-13-32)19(20-16-36-23-12-6-3-8-18(23)26(20)33)14-24(37-28)27(34)29-15-25-30-21-10-4-5-11-22(21)31-25/h3-6,8,10-12,14,16-17,19,28,32H,2,7,9,13,15H2,1H3,(H,29,34)(H,30,31)/t17-,19+,28-/m1/s1. The fourth-order valence-electron chi connectivity index (χ4n) is 4.79. The molecule has 0 bridgehead atoms. The Balaban J connectivity index is 1.47. The van der Waals surface area contributed by atoms with Crippen molar-refractivity contribution in [1.29, 1.82) is 0 Å². The lowest BCUT2D eigenvalue weighted by molar-refractivity contribution is -0.166. The minimum Gasteiger partial charge on any atom is -0.464 e. The summed E-state index contributed by atoms with van der Waals surface area (Å²) in [6.45, 7) is 2.35. The van der Waals surface area contributed by atoms with Crippen LogP contribution in [0.5, 0.6) is 0 Å². The molecule has 5 rings (SSSR count). The van der Waals surface area contributed by atoms with Gasteiger partial charge in [0.05, 0.1) is 29.2 Å². The van der Waals surface area contributed by atoms with E-state index < -0.39 is 18.1 Å². The molecule has 9 nitrogen and oxygen atoms in total. The van der Waals surface area contributed by atoms with Crippen molar-refractivity contribution in [3.8, 4) is 0 Å². The molecule has 3 atom stereocenters. The number of benzene rings is 2. The Bertz CT molecular complexity index is 1460. The summed E-state index contributed by atoms with van der Waals surface area (Å²) in [7, 11) is 0. The zero-order valence-electron chi connectivity index (χ0n) is 20.5. The van der Waals surface area contributed by atoms with Gasteiger partial charge in [0.15, 0.2) is 11.2 Å². The number of hydrogen-bond acceptors (Lipinski definition) is 7. The number of aliphatic hydroxyl groups is 1. The van der Waals surface area contributed by atoms with Crippen LogP contribution in [0, 0.1) is 5.92 Å². The number of aromatic nitrogens is 2. The van der Waals surface area contributed by atoms with E-state index in [1.807, 2.05) is 31.2 Å². The quantitative estimate of drug-likeness (QED) is 0.318. The molecule has 3 heterocycles. The molecule has 0 fully saturated rings. The molecule has 3 N–H and O–H groups in total. The van der Waals surface area contributed by atoms with E-state index in [4.69, 9.17) is 13.9 Å². The molecular formula is C28H29N3O6. The highest BCUT2D eigenvalue weighted by Crippen LogP contribution is 2.38. The SMILES string of the molecule is CCO[C@@H]1OC(C(=O)NCc2nc3ccccc3[nH]2)=C[C@H](c2coc3ccccc3c2=O)[C@H]1CCCO. The zero-order chi connectivity index (χ0) is 25.8. The Morgan fingerprint density at radius 2 is 2.00 bits per heavy atom.